The molecule has 2 unspecified atom stereocenters. The van der Waals surface area contributed by atoms with Crippen LogP contribution < -0.4 is 4.90 Å². The van der Waals surface area contributed by atoms with Crippen molar-refractivity contribution in [1.29, 1.82) is 0 Å². The van der Waals surface area contributed by atoms with Crippen molar-refractivity contribution in [3.8, 4) is 11.4 Å². The Morgan fingerprint density at radius 1 is 0.766 bits per heavy atom. The Labute approximate surface area is 264 Å². The summed E-state index contributed by atoms with van der Waals surface area (Å²) < 4.78 is 64.9. The number of likely N-dealkylation sites (tertiary alicyclic amines) is 1. The molecule has 0 spiro atoms. The van der Waals surface area contributed by atoms with E-state index < -0.39 is 71.3 Å². The fourth-order valence-electron chi connectivity index (χ4n) is 6.58. The maximum atomic E-state index is 16.9. The van der Waals surface area contributed by atoms with E-state index in [1.807, 2.05) is 0 Å². The molecule has 2 aliphatic heterocycles. The van der Waals surface area contributed by atoms with Crippen LogP contribution in [0.15, 0.2) is 67.3 Å². The van der Waals surface area contributed by atoms with Gasteiger partial charge in [-0.05, 0) is 44.2 Å². The van der Waals surface area contributed by atoms with Crippen LogP contribution in [0, 0.1) is 36.8 Å². The Kier molecular flexibility index (Phi) is 7.09. The highest BCUT2D eigenvalue weighted by molar-refractivity contribution is 6.06. The van der Waals surface area contributed by atoms with Crippen molar-refractivity contribution in [1.82, 2.24) is 44.9 Å². The Morgan fingerprint density at radius 2 is 1.30 bits per heavy atom. The van der Waals surface area contributed by atoms with Crippen molar-refractivity contribution < 1.29 is 27.2 Å². The molecule has 0 aliphatic carbocycles. The van der Waals surface area contributed by atoms with Crippen molar-refractivity contribution >= 4 is 17.6 Å². The number of Topliss-reactive ketones (excluding diaryl/α,β-unsaturated/α-hetero) is 1. The van der Waals surface area contributed by atoms with Crippen LogP contribution >= 0.6 is 0 Å². The summed E-state index contributed by atoms with van der Waals surface area (Å²) in [5.41, 5.74) is -2.89. The molecule has 7 rings (SSSR count). The van der Waals surface area contributed by atoms with Gasteiger partial charge in [0, 0.05) is 37.6 Å². The fourth-order valence-corrected chi connectivity index (χ4v) is 6.58. The Morgan fingerprint density at radius 3 is 1.87 bits per heavy atom. The van der Waals surface area contributed by atoms with Crippen molar-refractivity contribution in [3.05, 3.63) is 101 Å². The molecule has 3 aromatic heterocycles. The van der Waals surface area contributed by atoms with E-state index in [4.69, 9.17) is 0 Å². The number of nitrogens with zero attached hydrogens (tertiary/aromatic N) is 10. The smallest absolute Gasteiger partial charge is 0.270 e. The number of anilines is 1. The minimum absolute atomic E-state index is 0.0192. The molecule has 16 heteroatoms. The van der Waals surface area contributed by atoms with E-state index in [0.717, 1.165) is 26.6 Å². The van der Waals surface area contributed by atoms with Gasteiger partial charge in [-0.25, -0.2) is 27.5 Å². The van der Waals surface area contributed by atoms with Crippen LogP contribution in [0.1, 0.15) is 32.1 Å². The number of ketones is 1. The molecule has 2 atom stereocenters. The summed E-state index contributed by atoms with van der Waals surface area (Å²) >= 11 is 0. The fraction of sp³-hybridized carbons (Fsp3) is 0.290. The van der Waals surface area contributed by atoms with Gasteiger partial charge in [0.25, 0.3) is 11.8 Å². The Balaban J connectivity index is 1.39. The first-order valence-corrected chi connectivity index (χ1v) is 14.6. The summed E-state index contributed by atoms with van der Waals surface area (Å²) in [6.07, 6.45) is 5.26. The lowest BCUT2D eigenvalue weighted by molar-refractivity contribution is -0.183. The minimum atomic E-state index is -3.76. The molecule has 2 saturated heterocycles. The van der Waals surface area contributed by atoms with Crippen LogP contribution in [0.25, 0.3) is 11.4 Å². The largest absolute Gasteiger partial charge is 0.339 e. The molecule has 12 nitrogen and oxygen atoms in total. The number of aromatic nitrogens is 8. The normalized spacial score (nSPS) is 20.3. The molecular formula is C31H26F4N10O2. The number of amides is 1. The summed E-state index contributed by atoms with van der Waals surface area (Å²) in [6, 6.07) is 9.17. The molecule has 240 valence electrons. The molecule has 5 heterocycles. The molecule has 5 aromatic rings. The van der Waals surface area contributed by atoms with Crippen molar-refractivity contribution in [2.24, 2.45) is 11.3 Å². The van der Waals surface area contributed by atoms with Crippen LogP contribution in [-0.4, -0.2) is 88.6 Å². The molecule has 0 N–H and O–H groups in total. The standard InChI is InChI=1S/C31H26F4N10O2/c1-18-13-19(2)41-29(40-18)43-15-20-14-42(28(47)26-22(33)6-4-8-24(26)45-38-11-12-39-45)16-30(17-43,31(20,34)35)27(46)25-21(32)5-3-7-23(25)44-36-9-10-37-44/h3-13,20H,14-17H2,1-2H3. The highest BCUT2D eigenvalue weighted by Crippen LogP contribution is 2.53. The van der Waals surface area contributed by atoms with E-state index in [9.17, 15) is 9.59 Å². The third kappa shape index (κ3) is 4.82. The number of rotatable bonds is 6. The zero-order valence-electron chi connectivity index (χ0n) is 25.1. The monoisotopic (exact) mass is 646 g/mol. The first kappa shape index (κ1) is 30.1. The van der Waals surface area contributed by atoms with Gasteiger partial charge in [-0.3, -0.25) is 9.59 Å². The SMILES string of the molecule is Cc1cc(C)nc(N2CC3CN(C(=O)c4c(F)cccc4-n4nccn4)CC(C(=O)c4c(F)cccc4-n4nccn4)(C2)C3(F)F)n1. The number of carbonyl (C=O) groups excluding carboxylic acids is 2. The third-order valence-corrected chi connectivity index (χ3v) is 8.62. The van der Waals surface area contributed by atoms with Crippen LogP contribution in [0.3, 0.4) is 0 Å². The van der Waals surface area contributed by atoms with E-state index in [0.29, 0.717) is 11.4 Å². The minimum Gasteiger partial charge on any atom is -0.339 e. The summed E-state index contributed by atoms with van der Waals surface area (Å²) in [4.78, 5) is 42.3. The highest BCUT2D eigenvalue weighted by Gasteiger charge is 2.70. The topological polar surface area (TPSA) is 128 Å². The van der Waals surface area contributed by atoms with E-state index in [1.165, 1.54) is 54.0 Å². The molecular weight excluding hydrogens is 620 g/mol. The number of piperidine rings is 2. The van der Waals surface area contributed by atoms with Crippen LogP contribution in [0.4, 0.5) is 23.5 Å². The molecule has 2 aromatic carbocycles. The van der Waals surface area contributed by atoms with E-state index in [-0.39, 0.29) is 23.9 Å². The van der Waals surface area contributed by atoms with Gasteiger partial charge in [0.15, 0.2) is 5.78 Å². The summed E-state index contributed by atoms with van der Waals surface area (Å²) in [5, 5.41) is 16.0. The number of carbonyl (C=O) groups is 2. The van der Waals surface area contributed by atoms with Gasteiger partial charge >= 0.3 is 0 Å². The van der Waals surface area contributed by atoms with Gasteiger partial charge < -0.3 is 9.80 Å². The Hall–Kier alpha value is -5.54. The molecule has 1 amide bonds. The zero-order valence-corrected chi connectivity index (χ0v) is 25.1. The number of hydrogen-bond acceptors (Lipinski definition) is 9. The highest BCUT2D eigenvalue weighted by atomic mass is 19.3. The number of fused-ring (bicyclic) bond motifs is 2. The molecule has 2 fully saturated rings. The quantitative estimate of drug-likeness (QED) is 0.201. The lowest BCUT2D eigenvalue weighted by Gasteiger charge is -2.56. The summed E-state index contributed by atoms with van der Waals surface area (Å²) in [6.45, 7) is 1.00. The predicted octanol–water partition coefficient (Wildman–Crippen LogP) is 3.63. The molecule has 2 aliphatic rings. The lowest BCUT2D eigenvalue weighted by atomic mass is 9.64. The number of benzene rings is 2. The number of alkyl halides is 2. The first-order chi connectivity index (χ1) is 22.5. The summed E-state index contributed by atoms with van der Waals surface area (Å²) in [7, 11) is 0. The average Bonchev–Trinajstić information content (AvgIpc) is 3.75. The van der Waals surface area contributed by atoms with E-state index in [2.05, 4.69) is 30.4 Å². The van der Waals surface area contributed by atoms with E-state index >= 15 is 17.6 Å². The molecule has 0 saturated carbocycles. The van der Waals surface area contributed by atoms with Gasteiger partial charge in [-0.1, -0.05) is 12.1 Å². The first-order valence-electron chi connectivity index (χ1n) is 14.6. The van der Waals surface area contributed by atoms with Gasteiger partial charge in [0.05, 0.1) is 42.0 Å². The second kappa shape index (κ2) is 11.1. The maximum absolute atomic E-state index is 16.9. The van der Waals surface area contributed by atoms with Gasteiger partial charge in [0.1, 0.15) is 28.3 Å². The second-order valence-corrected chi connectivity index (χ2v) is 11.7. The number of halogens is 4. The third-order valence-electron chi connectivity index (χ3n) is 8.62. The van der Waals surface area contributed by atoms with Gasteiger partial charge in [-0.2, -0.15) is 30.0 Å². The van der Waals surface area contributed by atoms with Crippen LogP contribution in [-0.2, 0) is 0 Å². The van der Waals surface area contributed by atoms with Crippen LogP contribution in [0.2, 0.25) is 0 Å². The van der Waals surface area contributed by atoms with Crippen molar-refractivity contribution in [3.63, 3.8) is 0 Å². The average molecular weight is 647 g/mol. The molecule has 0 radical (unpaired) electrons. The zero-order chi connectivity index (χ0) is 33.1. The lowest BCUT2D eigenvalue weighted by Crippen LogP contribution is -2.73. The number of aryl methyl sites for hydroxylation is 2. The van der Waals surface area contributed by atoms with E-state index in [1.54, 1.807) is 19.9 Å². The predicted molar refractivity (Wildman–Crippen MR) is 157 cm³/mol. The van der Waals surface area contributed by atoms with Crippen molar-refractivity contribution in [2.45, 2.75) is 19.8 Å². The maximum Gasteiger partial charge on any atom is 0.270 e. The number of hydrogen-bond donors (Lipinski definition) is 0. The van der Waals surface area contributed by atoms with Gasteiger partial charge in [0.2, 0.25) is 5.95 Å². The summed E-state index contributed by atoms with van der Waals surface area (Å²) in [5.74, 6) is -9.52. The van der Waals surface area contributed by atoms with Crippen LogP contribution in [0.5, 0.6) is 0 Å². The Bertz CT molecular complexity index is 1980. The van der Waals surface area contributed by atoms with Gasteiger partial charge in [-0.15, -0.1) is 0 Å². The second-order valence-electron chi connectivity index (χ2n) is 11.7. The van der Waals surface area contributed by atoms with Crippen molar-refractivity contribution in [2.75, 3.05) is 31.1 Å². The molecule has 2 bridgehead atoms. The molecule has 47 heavy (non-hydrogen) atoms.